The van der Waals surface area contributed by atoms with E-state index in [1.807, 2.05) is 22.9 Å². The van der Waals surface area contributed by atoms with Crippen LogP contribution in [-0.4, -0.2) is 14.8 Å². The number of halogens is 2. The van der Waals surface area contributed by atoms with Gasteiger partial charge in [0.05, 0.1) is 11.1 Å². The first-order valence-electron chi connectivity index (χ1n) is 6.32. The maximum absolute atomic E-state index is 6.17. The second-order valence-corrected chi connectivity index (χ2v) is 6.38. The van der Waals surface area contributed by atoms with Gasteiger partial charge in [0.1, 0.15) is 12.2 Å². The molecule has 0 aliphatic carbocycles. The molecule has 0 saturated carbocycles. The fourth-order valence-corrected chi connectivity index (χ4v) is 2.56. The number of rotatable bonds is 5. The Balaban J connectivity index is 2.24. The fraction of sp³-hybridized carbons (Fsp3) is 0.385. The van der Waals surface area contributed by atoms with Gasteiger partial charge in [-0.25, -0.2) is 9.67 Å². The van der Waals surface area contributed by atoms with Gasteiger partial charge in [0.15, 0.2) is 0 Å². The van der Waals surface area contributed by atoms with Crippen LogP contribution in [0.2, 0.25) is 5.02 Å². The summed E-state index contributed by atoms with van der Waals surface area (Å²) < 4.78 is 2.92. The zero-order valence-electron chi connectivity index (χ0n) is 11.3. The van der Waals surface area contributed by atoms with E-state index in [4.69, 9.17) is 17.4 Å². The normalized spacial score (nSPS) is 12.9. The molecular weight excluding hydrogens is 389 g/mol. The number of nitrogens with one attached hydrogen (secondary N) is 1. The smallest absolute Gasteiger partial charge is 0.138 e. The Morgan fingerprint density at radius 3 is 2.80 bits per heavy atom. The van der Waals surface area contributed by atoms with Crippen molar-refractivity contribution < 1.29 is 0 Å². The molecule has 3 N–H and O–H groups in total. The summed E-state index contributed by atoms with van der Waals surface area (Å²) >= 11 is 8.37. The Morgan fingerprint density at radius 2 is 2.20 bits per heavy atom. The minimum atomic E-state index is -0.0498. The van der Waals surface area contributed by atoms with Crippen LogP contribution in [-0.2, 0) is 6.42 Å². The molecule has 0 radical (unpaired) electrons. The first-order chi connectivity index (χ1) is 9.52. The van der Waals surface area contributed by atoms with E-state index in [-0.39, 0.29) is 12.1 Å². The Labute approximate surface area is 137 Å². The Hall–Kier alpha value is -0.700. The van der Waals surface area contributed by atoms with Gasteiger partial charge in [0.25, 0.3) is 0 Å². The van der Waals surface area contributed by atoms with Crippen LogP contribution >= 0.6 is 34.2 Å². The van der Waals surface area contributed by atoms with Crippen molar-refractivity contribution in [2.45, 2.75) is 32.4 Å². The van der Waals surface area contributed by atoms with Gasteiger partial charge in [0.2, 0.25) is 0 Å². The van der Waals surface area contributed by atoms with E-state index >= 15 is 0 Å². The summed E-state index contributed by atoms with van der Waals surface area (Å²) in [6, 6.07) is 6.16. The molecule has 0 fully saturated rings. The van der Waals surface area contributed by atoms with E-state index in [0.717, 1.165) is 20.0 Å². The van der Waals surface area contributed by atoms with E-state index in [2.05, 4.69) is 51.9 Å². The number of hydrogen-bond acceptors (Lipinski definition) is 4. The Morgan fingerprint density at radius 1 is 1.45 bits per heavy atom. The quantitative estimate of drug-likeness (QED) is 0.456. The van der Waals surface area contributed by atoms with Gasteiger partial charge in [-0.1, -0.05) is 17.7 Å². The molecular formula is C13H17ClIN5. The average Bonchev–Trinajstić information content (AvgIpc) is 2.87. The third-order valence-electron chi connectivity index (χ3n) is 3.07. The molecule has 0 bridgehead atoms. The molecule has 1 aromatic carbocycles. The standard InChI is InChI=1S/C13H17ClIN5/c1-8(2)20-13(17-7-18-20)6-12(19-16)9-3-4-11(15)10(14)5-9/h3-5,7-8,12,19H,6,16H2,1-2H3. The van der Waals surface area contributed by atoms with E-state index in [1.165, 1.54) is 0 Å². The maximum Gasteiger partial charge on any atom is 0.138 e. The summed E-state index contributed by atoms with van der Waals surface area (Å²) in [5, 5.41) is 4.97. The molecule has 2 rings (SSSR count). The van der Waals surface area contributed by atoms with Crippen molar-refractivity contribution in [3.63, 3.8) is 0 Å². The van der Waals surface area contributed by atoms with Crippen molar-refractivity contribution in [2.24, 2.45) is 5.84 Å². The molecule has 1 aromatic heterocycles. The highest BCUT2D eigenvalue weighted by atomic mass is 127. The highest BCUT2D eigenvalue weighted by Gasteiger charge is 2.16. The number of hydrogen-bond donors (Lipinski definition) is 2. The summed E-state index contributed by atoms with van der Waals surface area (Å²) in [6.45, 7) is 4.15. The fourth-order valence-electron chi connectivity index (χ4n) is 2.04. The second kappa shape index (κ2) is 6.84. The minimum absolute atomic E-state index is 0.0498. The summed E-state index contributed by atoms with van der Waals surface area (Å²) in [7, 11) is 0. The molecule has 20 heavy (non-hydrogen) atoms. The topological polar surface area (TPSA) is 68.8 Å². The highest BCUT2D eigenvalue weighted by molar-refractivity contribution is 14.1. The number of hydrazine groups is 1. The molecule has 108 valence electrons. The monoisotopic (exact) mass is 405 g/mol. The van der Waals surface area contributed by atoms with Crippen LogP contribution in [0.25, 0.3) is 0 Å². The molecule has 7 heteroatoms. The molecule has 2 aromatic rings. The van der Waals surface area contributed by atoms with Crippen molar-refractivity contribution in [2.75, 3.05) is 0 Å². The predicted molar refractivity (Wildman–Crippen MR) is 88.3 cm³/mol. The number of benzene rings is 1. The molecule has 5 nitrogen and oxygen atoms in total. The average molecular weight is 406 g/mol. The molecule has 0 aliphatic rings. The van der Waals surface area contributed by atoms with Gasteiger partial charge in [0, 0.05) is 16.0 Å². The lowest BCUT2D eigenvalue weighted by molar-refractivity contribution is 0.468. The number of nitrogens with two attached hydrogens (primary N) is 1. The molecule has 1 atom stereocenters. The van der Waals surface area contributed by atoms with Crippen LogP contribution in [0.4, 0.5) is 0 Å². The van der Waals surface area contributed by atoms with E-state index in [1.54, 1.807) is 6.33 Å². The first kappa shape index (κ1) is 15.7. The lowest BCUT2D eigenvalue weighted by atomic mass is 10.0. The number of nitrogens with zero attached hydrogens (tertiary/aromatic N) is 3. The summed E-state index contributed by atoms with van der Waals surface area (Å²) in [5.74, 6) is 6.58. The molecule has 1 heterocycles. The van der Waals surface area contributed by atoms with E-state index < -0.39 is 0 Å². The molecule has 0 amide bonds. The highest BCUT2D eigenvalue weighted by Crippen LogP contribution is 2.25. The third-order valence-corrected chi connectivity index (χ3v) is 4.64. The van der Waals surface area contributed by atoms with Crippen molar-refractivity contribution in [3.05, 3.63) is 44.5 Å². The minimum Gasteiger partial charge on any atom is -0.271 e. The largest absolute Gasteiger partial charge is 0.271 e. The molecule has 1 unspecified atom stereocenters. The van der Waals surface area contributed by atoms with E-state index in [0.29, 0.717) is 6.42 Å². The lowest BCUT2D eigenvalue weighted by Gasteiger charge is -2.18. The van der Waals surface area contributed by atoms with Crippen LogP contribution in [0.5, 0.6) is 0 Å². The van der Waals surface area contributed by atoms with Crippen LogP contribution in [0.3, 0.4) is 0 Å². The van der Waals surface area contributed by atoms with Crippen molar-refractivity contribution in [1.82, 2.24) is 20.2 Å². The zero-order chi connectivity index (χ0) is 14.7. The van der Waals surface area contributed by atoms with Gasteiger partial charge in [-0.3, -0.25) is 11.3 Å². The van der Waals surface area contributed by atoms with Crippen LogP contribution < -0.4 is 11.3 Å². The molecule has 0 spiro atoms. The van der Waals surface area contributed by atoms with Crippen molar-refractivity contribution in [3.8, 4) is 0 Å². The van der Waals surface area contributed by atoms with Gasteiger partial charge < -0.3 is 0 Å². The van der Waals surface area contributed by atoms with Crippen molar-refractivity contribution >= 4 is 34.2 Å². The summed E-state index contributed by atoms with van der Waals surface area (Å²) in [5.41, 5.74) is 3.87. The maximum atomic E-state index is 6.17. The third kappa shape index (κ3) is 3.49. The zero-order valence-corrected chi connectivity index (χ0v) is 14.3. The summed E-state index contributed by atoms with van der Waals surface area (Å²) in [6.07, 6.45) is 2.23. The summed E-state index contributed by atoms with van der Waals surface area (Å²) in [4.78, 5) is 4.31. The van der Waals surface area contributed by atoms with Crippen LogP contribution in [0.15, 0.2) is 24.5 Å². The van der Waals surface area contributed by atoms with Crippen LogP contribution in [0, 0.1) is 3.57 Å². The van der Waals surface area contributed by atoms with Crippen LogP contribution in [0.1, 0.15) is 37.3 Å². The lowest BCUT2D eigenvalue weighted by Crippen LogP contribution is -2.30. The van der Waals surface area contributed by atoms with Gasteiger partial charge >= 0.3 is 0 Å². The van der Waals surface area contributed by atoms with Gasteiger partial charge in [-0.2, -0.15) is 5.10 Å². The Kier molecular flexibility index (Phi) is 5.36. The SMILES string of the molecule is CC(C)n1ncnc1CC(NN)c1ccc(I)c(Cl)c1. The molecule has 0 saturated heterocycles. The van der Waals surface area contributed by atoms with Crippen molar-refractivity contribution in [1.29, 1.82) is 0 Å². The predicted octanol–water partition coefficient (Wildman–Crippen LogP) is 2.86. The van der Waals surface area contributed by atoms with Gasteiger partial charge in [-0.15, -0.1) is 0 Å². The Bertz CT molecular complexity index is 584. The molecule has 0 aliphatic heterocycles. The van der Waals surface area contributed by atoms with E-state index in [9.17, 15) is 0 Å². The number of aromatic nitrogens is 3. The first-order valence-corrected chi connectivity index (χ1v) is 7.78. The second-order valence-electron chi connectivity index (χ2n) is 4.81. The van der Waals surface area contributed by atoms with Gasteiger partial charge in [-0.05, 0) is 54.1 Å².